The summed E-state index contributed by atoms with van der Waals surface area (Å²) in [5.41, 5.74) is 1.78. The van der Waals surface area contributed by atoms with Crippen LogP contribution in [0.15, 0.2) is 68.4 Å². The summed E-state index contributed by atoms with van der Waals surface area (Å²) in [4.78, 5) is 24.2. The molecule has 30 heavy (non-hydrogen) atoms. The summed E-state index contributed by atoms with van der Waals surface area (Å²) in [6.45, 7) is 0. The van der Waals surface area contributed by atoms with Gasteiger partial charge in [-0.2, -0.15) is 0 Å². The van der Waals surface area contributed by atoms with E-state index in [9.17, 15) is 9.18 Å². The van der Waals surface area contributed by atoms with Crippen LogP contribution in [0.5, 0.6) is 0 Å². The van der Waals surface area contributed by atoms with E-state index in [1.165, 1.54) is 30.3 Å². The third-order valence-corrected chi connectivity index (χ3v) is 8.14. The summed E-state index contributed by atoms with van der Waals surface area (Å²) in [6, 6.07) is 14.5. The molecule has 7 heteroatoms. The van der Waals surface area contributed by atoms with Crippen molar-refractivity contribution in [3.63, 3.8) is 0 Å². The van der Waals surface area contributed by atoms with Crippen LogP contribution in [0, 0.1) is 5.82 Å². The van der Waals surface area contributed by atoms with E-state index in [1.54, 1.807) is 23.9 Å². The maximum atomic E-state index is 13.6. The average molecular weight is 440 g/mol. The first-order valence-electron chi connectivity index (χ1n) is 10.2. The number of anilines is 1. The van der Waals surface area contributed by atoms with Crippen LogP contribution in [-0.2, 0) is 4.79 Å². The molecule has 2 aromatic carbocycles. The normalized spacial score (nSPS) is 23.5. The van der Waals surface area contributed by atoms with Crippen molar-refractivity contribution in [1.29, 1.82) is 0 Å². The molecule has 2 fully saturated rings. The quantitative estimate of drug-likeness (QED) is 0.527. The van der Waals surface area contributed by atoms with Gasteiger partial charge >= 0.3 is 0 Å². The Morgan fingerprint density at radius 1 is 1.00 bits per heavy atom. The minimum atomic E-state index is -0.289. The number of hydrogen-bond donors (Lipinski definition) is 0. The van der Waals surface area contributed by atoms with Crippen molar-refractivity contribution in [3.05, 3.63) is 64.3 Å². The molecule has 2 aliphatic heterocycles. The number of amides is 1. The smallest absolute Gasteiger partial charge is 0.269 e. The van der Waals surface area contributed by atoms with E-state index < -0.39 is 0 Å². The summed E-state index contributed by atoms with van der Waals surface area (Å²) in [5, 5.41) is 1.65. The number of halogens is 1. The van der Waals surface area contributed by atoms with Crippen LogP contribution < -0.4 is 4.90 Å². The maximum absolute atomic E-state index is 13.6. The molecule has 1 amide bonds. The first-order valence-corrected chi connectivity index (χ1v) is 11.9. The Kier molecular flexibility index (Phi) is 5.33. The number of nitrogens with zero attached hydrogens (tertiary/aromatic N) is 3. The second-order valence-electron chi connectivity index (χ2n) is 7.70. The summed E-state index contributed by atoms with van der Waals surface area (Å²) in [7, 11) is 2.01. The Morgan fingerprint density at radius 2 is 1.73 bits per heavy atom. The van der Waals surface area contributed by atoms with Crippen LogP contribution in [0.1, 0.15) is 32.1 Å². The Balaban J connectivity index is 1.55. The lowest BCUT2D eigenvalue weighted by Crippen LogP contribution is -2.40. The van der Waals surface area contributed by atoms with Gasteiger partial charge in [-0.25, -0.2) is 9.38 Å². The van der Waals surface area contributed by atoms with Gasteiger partial charge in [-0.05, 0) is 61.0 Å². The van der Waals surface area contributed by atoms with Gasteiger partial charge in [0.25, 0.3) is 5.91 Å². The van der Waals surface area contributed by atoms with E-state index in [0.29, 0.717) is 10.9 Å². The molecule has 0 radical (unpaired) electrons. The number of benzene rings is 2. The molecular weight excluding hydrogens is 417 g/mol. The van der Waals surface area contributed by atoms with Gasteiger partial charge < -0.3 is 4.90 Å². The van der Waals surface area contributed by atoms with Crippen LogP contribution >= 0.6 is 23.5 Å². The number of thioether (sulfide) groups is 2. The molecule has 2 aromatic rings. The number of rotatable bonds is 2. The van der Waals surface area contributed by atoms with Crippen molar-refractivity contribution in [3.8, 4) is 0 Å². The van der Waals surface area contributed by atoms with Crippen LogP contribution in [0.25, 0.3) is 0 Å². The molecule has 4 nitrogen and oxygen atoms in total. The van der Waals surface area contributed by atoms with E-state index in [4.69, 9.17) is 4.99 Å². The maximum Gasteiger partial charge on any atom is 0.269 e. The fourth-order valence-electron chi connectivity index (χ4n) is 4.18. The molecule has 154 valence electrons. The molecule has 1 saturated carbocycles. The number of amidine groups is 1. The third-order valence-electron chi connectivity index (χ3n) is 5.74. The zero-order chi connectivity index (χ0) is 20.7. The number of para-hydroxylation sites is 1. The molecule has 0 spiro atoms. The average Bonchev–Trinajstić information content (AvgIpc) is 3.27. The monoisotopic (exact) mass is 439 g/mol. The number of carbonyl (C=O) groups excluding carboxylic acids is 1. The van der Waals surface area contributed by atoms with Crippen molar-refractivity contribution in [2.75, 3.05) is 11.9 Å². The van der Waals surface area contributed by atoms with Gasteiger partial charge in [0, 0.05) is 18.0 Å². The molecule has 1 aliphatic carbocycles. The minimum Gasteiger partial charge on any atom is -0.337 e. The lowest BCUT2D eigenvalue weighted by molar-refractivity contribution is -0.124. The molecular formula is C23H22FN3OS2. The van der Waals surface area contributed by atoms with Gasteiger partial charge in [0.1, 0.15) is 10.7 Å². The topological polar surface area (TPSA) is 35.9 Å². The largest absolute Gasteiger partial charge is 0.337 e. The molecule has 2 heterocycles. The first-order chi connectivity index (χ1) is 14.6. The molecule has 0 N–H and O–H groups in total. The standard InChI is InChI=1S/C23H22FN3OS2/c1-26-18-9-5-6-10-19(18)29-22(26)20-21(28)27(17-7-3-2-4-8-17)23(30-20)25-16-13-11-15(24)12-14-16/h5-6,9-14,17H,2-4,7-8H2,1H3/b22-20-,25-23?. The Bertz CT molecular complexity index is 1040. The number of carbonyl (C=O) groups is 1. The second-order valence-corrected chi connectivity index (χ2v) is 9.71. The fourth-order valence-corrected chi connectivity index (χ4v) is 6.58. The summed E-state index contributed by atoms with van der Waals surface area (Å²) >= 11 is 3.08. The molecule has 0 aromatic heterocycles. The first kappa shape index (κ1) is 19.7. The van der Waals surface area contributed by atoms with Gasteiger partial charge in [0.05, 0.1) is 16.4 Å². The lowest BCUT2D eigenvalue weighted by atomic mass is 9.94. The number of hydrogen-bond acceptors (Lipinski definition) is 5. The lowest BCUT2D eigenvalue weighted by Gasteiger charge is -2.30. The SMILES string of the molecule is CN1/C(=C2/SC(=Nc3ccc(F)cc3)N(C3CCCCC3)C2=O)Sc2ccccc21. The Labute approximate surface area is 184 Å². The zero-order valence-electron chi connectivity index (χ0n) is 16.7. The van der Waals surface area contributed by atoms with E-state index in [2.05, 4.69) is 17.0 Å². The third kappa shape index (κ3) is 3.54. The highest BCUT2D eigenvalue weighted by Crippen LogP contribution is 2.50. The predicted octanol–water partition coefficient (Wildman–Crippen LogP) is 6.13. The van der Waals surface area contributed by atoms with Crippen molar-refractivity contribution in [1.82, 2.24) is 4.90 Å². The molecule has 0 bridgehead atoms. The van der Waals surface area contributed by atoms with Crippen molar-refractivity contribution in [2.24, 2.45) is 4.99 Å². The van der Waals surface area contributed by atoms with Gasteiger partial charge in [0.15, 0.2) is 5.17 Å². The molecule has 0 unspecified atom stereocenters. The number of fused-ring (bicyclic) bond motifs is 1. The molecule has 3 aliphatic rings. The van der Waals surface area contributed by atoms with E-state index >= 15 is 0 Å². The van der Waals surface area contributed by atoms with E-state index in [1.807, 2.05) is 24.1 Å². The van der Waals surface area contributed by atoms with Crippen molar-refractivity contribution < 1.29 is 9.18 Å². The summed E-state index contributed by atoms with van der Waals surface area (Å²) < 4.78 is 13.3. The second kappa shape index (κ2) is 8.12. The van der Waals surface area contributed by atoms with Gasteiger partial charge in [0.2, 0.25) is 0 Å². The van der Waals surface area contributed by atoms with Crippen molar-refractivity contribution >= 4 is 46.0 Å². The highest BCUT2D eigenvalue weighted by molar-refractivity contribution is 8.19. The van der Waals surface area contributed by atoms with Crippen molar-refractivity contribution in [2.45, 2.75) is 43.0 Å². The summed E-state index contributed by atoms with van der Waals surface area (Å²) in [5.74, 6) is -0.252. The zero-order valence-corrected chi connectivity index (χ0v) is 18.3. The highest BCUT2D eigenvalue weighted by atomic mass is 32.2. The minimum absolute atomic E-state index is 0.0370. The van der Waals surface area contributed by atoms with Crippen LogP contribution in [-0.4, -0.2) is 29.1 Å². The number of aliphatic imine (C=N–C) groups is 1. The van der Waals surface area contributed by atoms with Gasteiger partial charge in [-0.1, -0.05) is 43.2 Å². The van der Waals surface area contributed by atoms with Crippen LogP contribution in [0.3, 0.4) is 0 Å². The molecule has 0 atom stereocenters. The Morgan fingerprint density at radius 3 is 2.47 bits per heavy atom. The van der Waals surface area contributed by atoms with E-state index in [0.717, 1.165) is 46.2 Å². The van der Waals surface area contributed by atoms with Crippen LogP contribution in [0.4, 0.5) is 15.8 Å². The van der Waals surface area contributed by atoms with Crippen LogP contribution in [0.2, 0.25) is 0 Å². The van der Waals surface area contributed by atoms with Gasteiger partial charge in [-0.3, -0.25) is 9.69 Å². The van der Waals surface area contributed by atoms with Gasteiger partial charge in [-0.15, -0.1) is 0 Å². The summed E-state index contributed by atoms with van der Waals surface area (Å²) in [6.07, 6.45) is 5.49. The molecule has 1 saturated heterocycles. The predicted molar refractivity (Wildman–Crippen MR) is 123 cm³/mol. The molecule has 5 rings (SSSR count). The van der Waals surface area contributed by atoms with E-state index in [-0.39, 0.29) is 17.8 Å². The highest BCUT2D eigenvalue weighted by Gasteiger charge is 2.42. The fraction of sp³-hybridized carbons (Fsp3) is 0.304. The Hall–Kier alpha value is -2.25.